The molecule has 140 valence electrons. The second-order valence-electron chi connectivity index (χ2n) is 7.28. The van der Waals surface area contributed by atoms with Crippen molar-refractivity contribution in [3.05, 3.63) is 39.5 Å². The highest BCUT2D eigenvalue weighted by molar-refractivity contribution is 6.34. The lowest BCUT2D eigenvalue weighted by Crippen LogP contribution is -2.40. The summed E-state index contributed by atoms with van der Waals surface area (Å²) in [6.45, 7) is 0.435. The highest BCUT2D eigenvalue weighted by Crippen LogP contribution is 2.54. The number of nitrogens with zero attached hydrogens (tertiary/aromatic N) is 3. The van der Waals surface area contributed by atoms with Gasteiger partial charge in [0.1, 0.15) is 5.15 Å². The molecule has 0 radical (unpaired) electrons. The summed E-state index contributed by atoms with van der Waals surface area (Å²) in [6, 6.07) is 3.11. The first kappa shape index (κ1) is 17.2. The van der Waals surface area contributed by atoms with E-state index >= 15 is 0 Å². The van der Waals surface area contributed by atoms with Gasteiger partial charge in [-0.25, -0.2) is 9.37 Å². The number of fused-ring (bicyclic) bond motifs is 3. The van der Waals surface area contributed by atoms with Gasteiger partial charge >= 0.3 is 0 Å². The van der Waals surface area contributed by atoms with Crippen LogP contribution in [-0.2, 0) is 16.6 Å². The van der Waals surface area contributed by atoms with E-state index in [-0.39, 0.29) is 22.1 Å². The van der Waals surface area contributed by atoms with E-state index in [1.807, 2.05) is 0 Å². The fourth-order valence-corrected chi connectivity index (χ4v) is 5.17. The van der Waals surface area contributed by atoms with Gasteiger partial charge in [-0.3, -0.25) is 9.69 Å². The van der Waals surface area contributed by atoms with Crippen molar-refractivity contribution in [2.45, 2.75) is 43.9 Å². The summed E-state index contributed by atoms with van der Waals surface area (Å²) < 4.78 is 19.9. The van der Waals surface area contributed by atoms with Crippen LogP contribution in [0.4, 0.5) is 15.9 Å². The number of halogens is 3. The highest BCUT2D eigenvalue weighted by Gasteiger charge is 2.54. The van der Waals surface area contributed by atoms with Crippen molar-refractivity contribution in [3.63, 3.8) is 0 Å². The zero-order chi connectivity index (χ0) is 18.8. The predicted octanol–water partition coefficient (Wildman–Crippen LogP) is 4.74. The molecular weight excluding hydrogens is 392 g/mol. The van der Waals surface area contributed by atoms with E-state index < -0.39 is 11.2 Å². The normalized spacial score (nSPS) is 20.0. The van der Waals surface area contributed by atoms with Gasteiger partial charge in [0.15, 0.2) is 17.4 Å². The number of ether oxygens (including phenoxy) is 1. The van der Waals surface area contributed by atoms with Gasteiger partial charge in [-0.05, 0) is 30.5 Å². The predicted molar refractivity (Wildman–Crippen MR) is 99.6 cm³/mol. The van der Waals surface area contributed by atoms with Crippen LogP contribution >= 0.6 is 23.2 Å². The minimum absolute atomic E-state index is 0.0330. The molecule has 0 N–H and O–H groups in total. The van der Waals surface area contributed by atoms with Crippen LogP contribution in [0, 0.1) is 5.82 Å². The van der Waals surface area contributed by atoms with Crippen molar-refractivity contribution in [1.29, 1.82) is 0 Å². The molecular formula is C19H16Cl2FN3O2. The Balaban J connectivity index is 1.73. The van der Waals surface area contributed by atoms with E-state index in [2.05, 4.69) is 9.97 Å². The Morgan fingerprint density at radius 2 is 1.93 bits per heavy atom. The van der Waals surface area contributed by atoms with Crippen LogP contribution in [0.15, 0.2) is 12.1 Å². The molecule has 3 aliphatic rings. The maximum absolute atomic E-state index is 14.6. The molecule has 5 nitrogen and oxygen atoms in total. The van der Waals surface area contributed by atoms with Crippen molar-refractivity contribution in [3.8, 4) is 5.75 Å². The summed E-state index contributed by atoms with van der Waals surface area (Å²) in [7, 11) is 0. The molecule has 0 atom stereocenters. The van der Waals surface area contributed by atoms with Crippen LogP contribution in [0.1, 0.15) is 43.2 Å². The van der Waals surface area contributed by atoms with Crippen molar-refractivity contribution in [2.75, 3.05) is 11.5 Å². The fourth-order valence-electron chi connectivity index (χ4n) is 4.62. The Bertz CT molecular complexity index is 976. The molecule has 1 aromatic heterocycles. The maximum atomic E-state index is 14.6. The Morgan fingerprint density at radius 1 is 1.15 bits per heavy atom. The van der Waals surface area contributed by atoms with Crippen LogP contribution in [0.5, 0.6) is 5.75 Å². The molecule has 2 aromatic rings. The lowest BCUT2D eigenvalue weighted by atomic mass is 9.71. The topological polar surface area (TPSA) is 55.3 Å². The van der Waals surface area contributed by atoms with Crippen LogP contribution in [0.3, 0.4) is 0 Å². The van der Waals surface area contributed by atoms with Gasteiger partial charge in [0.2, 0.25) is 11.2 Å². The van der Waals surface area contributed by atoms with Gasteiger partial charge < -0.3 is 4.74 Å². The Labute approximate surface area is 165 Å². The van der Waals surface area contributed by atoms with E-state index in [0.717, 1.165) is 24.8 Å². The number of hydrogen-bond acceptors (Lipinski definition) is 4. The van der Waals surface area contributed by atoms with E-state index in [4.69, 9.17) is 27.9 Å². The van der Waals surface area contributed by atoms with Gasteiger partial charge in [-0.1, -0.05) is 30.9 Å². The van der Waals surface area contributed by atoms with Crippen molar-refractivity contribution < 1.29 is 13.9 Å². The molecule has 1 aliphatic carbocycles. The average molecular weight is 408 g/mol. The molecule has 3 heterocycles. The molecule has 1 fully saturated rings. The van der Waals surface area contributed by atoms with E-state index in [9.17, 15) is 9.18 Å². The van der Waals surface area contributed by atoms with E-state index in [1.54, 1.807) is 6.07 Å². The average Bonchev–Trinajstić information content (AvgIpc) is 3.18. The smallest absolute Gasteiger partial charge is 0.243 e. The van der Waals surface area contributed by atoms with Gasteiger partial charge in [-0.15, -0.1) is 0 Å². The molecule has 1 aromatic carbocycles. The molecule has 1 saturated carbocycles. The molecule has 1 amide bonds. The molecule has 27 heavy (non-hydrogen) atoms. The van der Waals surface area contributed by atoms with Gasteiger partial charge in [0.05, 0.1) is 17.7 Å². The zero-order valence-electron chi connectivity index (χ0n) is 14.4. The number of anilines is 2. The van der Waals surface area contributed by atoms with Gasteiger partial charge in [0.25, 0.3) is 0 Å². The van der Waals surface area contributed by atoms with Crippen LogP contribution < -0.4 is 9.64 Å². The number of benzene rings is 1. The summed E-state index contributed by atoms with van der Waals surface area (Å²) in [6.07, 6.45) is 4.87. The standard InChI is InChI=1S/C19H16Cl2FN3O2/c20-15-13-16(24-18(21)23-15)25(17(26)19(13)5-2-1-3-6-19)11-8-10-4-7-27-14(10)12(22)9-11/h8-9H,1-7H2. The third-order valence-corrected chi connectivity index (χ3v) is 6.25. The van der Waals surface area contributed by atoms with Gasteiger partial charge in [0, 0.05) is 23.6 Å². The SMILES string of the molecule is O=C1N(c2cc(F)c3c(c2)CCO3)c2nc(Cl)nc(Cl)c2C12CCCCC2. The molecule has 1 spiro atoms. The number of carbonyl (C=O) groups is 1. The first-order chi connectivity index (χ1) is 13.0. The van der Waals surface area contributed by atoms with E-state index in [1.165, 1.54) is 11.0 Å². The van der Waals surface area contributed by atoms with Crippen molar-refractivity contribution >= 4 is 40.6 Å². The van der Waals surface area contributed by atoms with Gasteiger partial charge in [-0.2, -0.15) is 4.98 Å². The Hall–Kier alpha value is -1.92. The number of aromatic nitrogens is 2. The second-order valence-corrected chi connectivity index (χ2v) is 7.98. The minimum Gasteiger partial charge on any atom is -0.490 e. The quantitative estimate of drug-likeness (QED) is 0.506. The zero-order valence-corrected chi connectivity index (χ0v) is 15.9. The number of carbonyl (C=O) groups excluding carboxylic acids is 1. The largest absolute Gasteiger partial charge is 0.490 e. The molecule has 0 saturated heterocycles. The van der Waals surface area contributed by atoms with Crippen LogP contribution in [-0.4, -0.2) is 22.5 Å². The first-order valence-corrected chi connectivity index (χ1v) is 9.80. The lowest BCUT2D eigenvalue weighted by Gasteiger charge is -2.32. The molecule has 8 heteroatoms. The maximum Gasteiger partial charge on any atom is 0.243 e. The summed E-state index contributed by atoms with van der Waals surface area (Å²) in [5.41, 5.74) is 1.03. The monoisotopic (exact) mass is 407 g/mol. The molecule has 0 unspecified atom stereocenters. The highest BCUT2D eigenvalue weighted by atomic mass is 35.5. The van der Waals surface area contributed by atoms with Crippen LogP contribution in [0.25, 0.3) is 0 Å². The molecule has 5 rings (SSSR count). The second kappa shape index (κ2) is 6.04. The number of amides is 1. The number of rotatable bonds is 1. The summed E-state index contributed by atoms with van der Waals surface area (Å²) in [5, 5.41) is 0.169. The Kier molecular flexibility index (Phi) is 3.85. The number of hydrogen-bond donors (Lipinski definition) is 0. The molecule has 2 aliphatic heterocycles. The van der Waals surface area contributed by atoms with Crippen molar-refractivity contribution in [2.24, 2.45) is 0 Å². The summed E-state index contributed by atoms with van der Waals surface area (Å²) in [4.78, 5) is 23.5. The third-order valence-electron chi connectivity index (χ3n) is 5.81. The fraction of sp³-hybridized carbons (Fsp3) is 0.421. The Morgan fingerprint density at radius 3 is 2.70 bits per heavy atom. The van der Waals surface area contributed by atoms with E-state index in [0.29, 0.717) is 42.9 Å². The molecule has 0 bridgehead atoms. The lowest BCUT2D eigenvalue weighted by molar-refractivity contribution is -0.123. The minimum atomic E-state index is -0.763. The van der Waals surface area contributed by atoms with Crippen molar-refractivity contribution in [1.82, 2.24) is 9.97 Å². The third kappa shape index (κ3) is 2.39. The van der Waals surface area contributed by atoms with Crippen LogP contribution in [0.2, 0.25) is 10.4 Å². The summed E-state index contributed by atoms with van der Waals surface area (Å²) >= 11 is 12.5. The summed E-state index contributed by atoms with van der Waals surface area (Å²) in [5.74, 6) is 0.0149. The first-order valence-electron chi connectivity index (χ1n) is 9.04.